The van der Waals surface area contributed by atoms with E-state index in [2.05, 4.69) is 16.1 Å². The largest absolute Gasteiger partial charge is 0.397 e. The predicted molar refractivity (Wildman–Crippen MR) is 56.7 cm³/mol. The zero-order valence-corrected chi connectivity index (χ0v) is 9.93. The van der Waals surface area contributed by atoms with Crippen LogP contribution in [0, 0.1) is 0 Å². The van der Waals surface area contributed by atoms with Crippen molar-refractivity contribution in [2.45, 2.75) is 20.8 Å². The maximum absolute atomic E-state index is 10.5. The molecule has 15 heavy (non-hydrogen) atoms. The average Bonchev–Trinajstić information content (AvgIpc) is 2.03. The minimum atomic E-state index is -4.17. The van der Waals surface area contributed by atoms with Gasteiger partial charge in [0, 0.05) is 12.1 Å². The molecule has 0 radical (unpaired) electrons. The number of nitrogens with one attached hydrogen (secondary N) is 1. The third-order valence-electron chi connectivity index (χ3n) is 0.992. The molecule has 0 aliphatic heterocycles. The first-order valence-electron chi connectivity index (χ1n) is 4.30. The summed E-state index contributed by atoms with van der Waals surface area (Å²) < 4.78 is 30.7. The molecule has 0 aliphatic rings. The molecule has 0 unspecified atom stereocenters. The Bertz CT molecular complexity index is 296. The van der Waals surface area contributed by atoms with Crippen LogP contribution in [0.3, 0.4) is 0 Å². The molecule has 0 aromatic heterocycles. The molecule has 7 heteroatoms. The van der Waals surface area contributed by atoms with Crippen LogP contribution in [0.1, 0.15) is 20.8 Å². The second-order valence-electron chi connectivity index (χ2n) is 2.47. The summed E-state index contributed by atoms with van der Waals surface area (Å²) in [6.45, 7) is 9.13. The van der Waals surface area contributed by atoms with Gasteiger partial charge in [-0.05, 0) is 20.8 Å². The minimum absolute atomic E-state index is 0.0289. The molecule has 2 N–H and O–H groups in total. The van der Waals surface area contributed by atoms with Gasteiger partial charge in [-0.3, -0.25) is 9.35 Å². The van der Waals surface area contributed by atoms with E-state index in [1.165, 1.54) is 6.92 Å². The van der Waals surface area contributed by atoms with Crippen molar-refractivity contribution < 1.29 is 21.9 Å². The van der Waals surface area contributed by atoms with Gasteiger partial charge in [0.05, 0.1) is 6.61 Å². The minimum Gasteiger partial charge on any atom is -0.353 e. The van der Waals surface area contributed by atoms with Crippen LogP contribution in [0.5, 0.6) is 0 Å². The molecule has 0 aromatic rings. The molecule has 0 heterocycles. The summed E-state index contributed by atoms with van der Waals surface area (Å²) in [5, 5.41) is 2.61. The van der Waals surface area contributed by atoms with Gasteiger partial charge in [0.15, 0.2) is 0 Å². The zero-order valence-electron chi connectivity index (χ0n) is 9.11. The molecule has 0 atom stereocenters. The number of hydrogen-bond acceptors (Lipinski definition) is 4. The van der Waals surface area contributed by atoms with Crippen molar-refractivity contribution >= 4 is 16.3 Å². The van der Waals surface area contributed by atoms with Crippen molar-refractivity contribution in [1.82, 2.24) is 5.32 Å². The summed E-state index contributed by atoms with van der Waals surface area (Å²) >= 11 is 0. The molecule has 0 bridgehead atoms. The van der Waals surface area contributed by atoms with Crippen molar-refractivity contribution in [3.63, 3.8) is 0 Å². The van der Waals surface area contributed by atoms with E-state index in [-0.39, 0.29) is 12.5 Å². The summed E-state index contributed by atoms with van der Waals surface area (Å²) in [4.78, 5) is 10.5. The first-order valence-corrected chi connectivity index (χ1v) is 5.66. The smallest absolute Gasteiger partial charge is 0.353 e. The van der Waals surface area contributed by atoms with Gasteiger partial charge >= 0.3 is 10.4 Å². The lowest BCUT2D eigenvalue weighted by Crippen LogP contribution is -2.22. The molecule has 0 spiro atoms. The van der Waals surface area contributed by atoms with Crippen LogP contribution in [-0.4, -0.2) is 32.0 Å². The lowest BCUT2D eigenvalue weighted by atomic mass is 10.3. The van der Waals surface area contributed by atoms with Crippen LogP contribution < -0.4 is 5.32 Å². The van der Waals surface area contributed by atoms with Crippen LogP contribution in [-0.2, 0) is 19.4 Å². The van der Waals surface area contributed by atoms with Gasteiger partial charge < -0.3 is 5.32 Å². The van der Waals surface area contributed by atoms with Gasteiger partial charge in [0.1, 0.15) is 0 Å². The standard InChI is InChI=1S/C6H11NO.C2H6O4S/c1-4-7-6(8)5(2)3;1-2-6-7(3,4)5/h2,4H2,1,3H3,(H,7,8);2H2,1H3,(H,3,4,5). The summed E-state index contributed by atoms with van der Waals surface area (Å²) in [5.74, 6) is -0.0625. The van der Waals surface area contributed by atoms with Crippen molar-refractivity contribution in [3.05, 3.63) is 12.2 Å². The number of carbonyl (C=O) groups is 1. The van der Waals surface area contributed by atoms with Gasteiger partial charge in [-0.1, -0.05) is 6.58 Å². The molecule has 0 rings (SSSR count). The van der Waals surface area contributed by atoms with Gasteiger partial charge in [0.2, 0.25) is 5.91 Å². The summed E-state index contributed by atoms with van der Waals surface area (Å²) in [6.07, 6.45) is 0. The molecule has 0 aliphatic carbocycles. The van der Waals surface area contributed by atoms with E-state index in [0.29, 0.717) is 12.1 Å². The zero-order chi connectivity index (χ0) is 12.5. The fraction of sp³-hybridized carbons (Fsp3) is 0.625. The van der Waals surface area contributed by atoms with Crippen LogP contribution in [0.15, 0.2) is 12.2 Å². The molecular formula is C8H17NO5S. The van der Waals surface area contributed by atoms with E-state index in [1.807, 2.05) is 6.92 Å². The van der Waals surface area contributed by atoms with Crippen LogP contribution >= 0.6 is 0 Å². The highest BCUT2D eigenvalue weighted by Gasteiger charge is 1.98. The Labute approximate surface area is 90.3 Å². The average molecular weight is 239 g/mol. The van der Waals surface area contributed by atoms with Gasteiger partial charge in [-0.25, -0.2) is 4.18 Å². The van der Waals surface area contributed by atoms with E-state index in [1.54, 1.807) is 6.92 Å². The topological polar surface area (TPSA) is 92.7 Å². The molecule has 0 saturated carbocycles. The maximum atomic E-state index is 10.5. The number of hydrogen-bond donors (Lipinski definition) is 2. The Morgan fingerprint density at radius 3 is 2.00 bits per heavy atom. The third kappa shape index (κ3) is 15.8. The predicted octanol–water partition coefficient (Wildman–Crippen LogP) is 0.524. The molecule has 0 saturated heterocycles. The highest BCUT2D eigenvalue weighted by molar-refractivity contribution is 7.80. The normalized spacial score (nSPS) is 9.87. The van der Waals surface area contributed by atoms with E-state index < -0.39 is 10.4 Å². The fourth-order valence-electron chi connectivity index (χ4n) is 0.460. The molecule has 1 amide bonds. The van der Waals surface area contributed by atoms with Crippen molar-refractivity contribution in [3.8, 4) is 0 Å². The Hall–Kier alpha value is -0.920. The fourth-order valence-corrected chi connectivity index (χ4v) is 0.758. The lowest BCUT2D eigenvalue weighted by molar-refractivity contribution is -0.117. The summed E-state index contributed by atoms with van der Waals surface area (Å²) in [7, 11) is -4.17. The highest BCUT2D eigenvalue weighted by Crippen LogP contribution is 1.83. The molecular weight excluding hydrogens is 222 g/mol. The Kier molecular flexibility index (Phi) is 9.24. The second-order valence-corrected chi connectivity index (χ2v) is 3.57. The number of carbonyl (C=O) groups excluding carboxylic acids is 1. The molecule has 0 aromatic carbocycles. The van der Waals surface area contributed by atoms with Crippen LogP contribution in [0.25, 0.3) is 0 Å². The van der Waals surface area contributed by atoms with Gasteiger partial charge in [-0.2, -0.15) is 8.42 Å². The van der Waals surface area contributed by atoms with Gasteiger partial charge in [0.25, 0.3) is 0 Å². The maximum Gasteiger partial charge on any atom is 0.397 e. The molecule has 6 nitrogen and oxygen atoms in total. The SMILES string of the molecule is C=C(C)C(=O)NCC.CCOS(=O)(=O)O. The number of likely N-dealkylation sites (N-methyl/N-ethyl adjacent to an activating group) is 1. The van der Waals surface area contributed by atoms with E-state index in [0.717, 1.165) is 0 Å². The van der Waals surface area contributed by atoms with E-state index in [4.69, 9.17) is 4.55 Å². The van der Waals surface area contributed by atoms with Crippen LogP contribution in [0.4, 0.5) is 0 Å². The molecule has 90 valence electrons. The third-order valence-corrected chi connectivity index (χ3v) is 1.53. The highest BCUT2D eigenvalue weighted by atomic mass is 32.3. The Morgan fingerprint density at radius 1 is 1.47 bits per heavy atom. The molecule has 0 fully saturated rings. The number of rotatable bonds is 4. The van der Waals surface area contributed by atoms with E-state index >= 15 is 0 Å². The second kappa shape index (κ2) is 8.39. The quantitative estimate of drug-likeness (QED) is 0.551. The van der Waals surface area contributed by atoms with Crippen molar-refractivity contribution in [2.24, 2.45) is 0 Å². The first-order chi connectivity index (χ1) is 6.74. The van der Waals surface area contributed by atoms with Crippen molar-refractivity contribution in [1.29, 1.82) is 0 Å². The monoisotopic (exact) mass is 239 g/mol. The summed E-state index contributed by atoms with van der Waals surface area (Å²) in [6, 6.07) is 0. The Balaban J connectivity index is 0. The number of amides is 1. The Morgan fingerprint density at radius 2 is 1.93 bits per heavy atom. The van der Waals surface area contributed by atoms with Crippen molar-refractivity contribution in [2.75, 3.05) is 13.2 Å². The van der Waals surface area contributed by atoms with E-state index in [9.17, 15) is 13.2 Å². The first kappa shape index (κ1) is 16.5. The van der Waals surface area contributed by atoms with Crippen LogP contribution in [0.2, 0.25) is 0 Å². The summed E-state index contributed by atoms with van der Waals surface area (Å²) in [5.41, 5.74) is 0.562. The van der Waals surface area contributed by atoms with Gasteiger partial charge in [-0.15, -0.1) is 0 Å². The lowest BCUT2D eigenvalue weighted by Gasteiger charge is -1.97.